The molecule has 1 nitrogen and oxygen atoms in total. The van der Waals surface area contributed by atoms with Crippen LogP contribution >= 0.6 is 34.5 Å². The standard InChI is InChI=1S/C13H17Cl2NS/c1-13(2,3)7-5-6-10(16-4)9-8-11(14)17-12(9)15/h8,10,16H,6H2,1-4H3. The summed E-state index contributed by atoms with van der Waals surface area (Å²) in [6.45, 7) is 6.30. The van der Waals surface area contributed by atoms with Crippen molar-refractivity contribution < 1.29 is 0 Å². The molecule has 1 N–H and O–H groups in total. The first-order valence-electron chi connectivity index (χ1n) is 5.45. The van der Waals surface area contributed by atoms with E-state index in [-0.39, 0.29) is 11.5 Å². The lowest BCUT2D eigenvalue weighted by atomic mass is 9.97. The molecule has 1 heterocycles. The number of hydrogen-bond donors (Lipinski definition) is 1. The van der Waals surface area contributed by atoms with Gasteiger partial charge in [0.05, 0.1) is 8.67 Å². The topological polar surface area (TPSA) is 12.0 Å². The summed E-state index contributed by atoms with van der Waals surface area (Å²) in [6.07, 6.45) is 0.737. The molecule has 4 heteroatoms. The Kier molecular flexibility index (Phi) is 5.34. The zero-order chi connectivity index (χ0) is 13.1. The van der Waals surface area contributed by atoms with E-state index in [0.717, 1.165) is 16.3 Å². The van der Waals surface area contributed by atoms with Crippen LogP contribution in [0.1, 0.15) is 38.8 Å². The fourth-order valence-electron chi connectivity index (χ4n) is 1.38. The van der Waals surface area contributed by atoms with Gasteiger partial charge in [-0.2, -0.15) is 0 Å². The van der Waals surface area contributed by atoms with Crippen molar-refractivity contribution in [3.8, 4) is 11.8 Å². The molecule has 0 spiro atoms. The summed E-state index contributed by atoms with van der Waals surface area (Å²) in [4.78, 5) is 0. The maximum absolute atomic E-state index is 6.13. The molecule has 0 saturated carbocycles. The lowest BCUT2D eigenvalue weighted by Gasteiger charge is -2.13. The Morgan fingerprint density at radius 2 is 2.06 bits per heavy atom. The van der Waals surface area contributed by atoms with Gasteiger partial charge < -0.3 is 5.32 Å². The third-order valence-electron chi connectivity index (χ3n) is 2.18. The Hall–Kier alpha value is -0.200. The minimum atomic E-state index is 0.0361. The van der Waals surface area contributed by atoms with Gasteiger partial charge in [-0.05, 0) is 33.9 Å². The molecule has 0 aliphatic carbocycles. The summed E-state index contributed by atoms with van der Waals surface area (Å²) in [7, 11) is 1.91. The molecule has 94 valence electrons. The van der Waals surface area contributed by atoms with Gasteiger partial charge in [0.15, 0.2) is 0 Å². The van der Waals surface area contributed by atoms with Crippen LogP contribution < -0.4 is 5.32 Å². The highest BCUT2D eigenvalue weighted by atomic mass is 35.5. The van der Waals surface area contributed by atoms with Crippen molar-refractivity contribution in [2.24, 2.45) is 5.41 Å². The monoisotopic (exact) mass is 289 g/mol. The molecule has 17 heavy (non-hydrogen) atoms. The van der Waals surface area contributed by atoms with Crippen LogP contribution in [0.5, 0.6) is 0 Å². The fourth-order valence-corrected chi connectivity index (χ4v) is 2.96. The molecule has 0 amide bonds. The number of rotatable bonds is 3. The van der Waals surface area contributed by atoms with E-state index in [4.69, 9.17) is 23.2 Å². The number of hydrogen-bond acceptors (Lipinski definition) is 2. The van der Waals surface area contributed by atoms with Gasteiger partial charge >= 0.3 is 0 Å². The van der Waals surface area contributed by atoms with E-state index in [1.54, 1.807) is 0 Å². The first-order valence-corrected chi connectivity index (χ1v) is 7.03. The van der Waals surface area contributed by atoms with Crippen LogP contribution in [-0.2, 0) is 0 Å². The molecule has 0 saturated heterocycles. The maximum atomic E-state index is 6.13. The van der Waals surface area contributed by atoms with Crippen LogP contribution in [0, 0.1) is 17.3 Å². The molecule has 0 radical (unpaired) electrons. The second kappa shape index (κ2) is 6.11. The number of thiophene rings is 1. The molecule has 1 unspecified atom stereocenters. The van der Waals surface area contributed by atoms with Crippen molar-refractivity contribution in [3.05, 3.63) is 20.3 Å². The largest absolute Gasteiger partial charge is 0.312 e. The predicted molar refractivity (Wildman–Crippen MR) is 78.0 cm³/mol. The van der Waals surface area contributed by atoms with Crippen molar-refractivity contribution in [3.63, 3.8) is 0 Å². The zero-order valence-electron chi connectivity index (χ0n) is 10.5. The van der Waals surface area contributed by atoms with E-state index in [9.17, 15) is 0 Å². The lowest BCUT2D eigenvalue weighted by Crippen LogP contribution is -2.15. The summed E-state index contributed by atoms with van der Waals surface area (Å²) in [5.74, 6) is 6.42. The Labute approximate surface area is 118 Å². The molecule has 0 fully saturated rings. The molecular weight excluding hydrogens is 273 g/mol. The van der Waals surface area contributed by atoms with Crippen molar-refractivity contribution in [2.45, 2.75) is 33.2 Å². The quantitative estimate of drug-likeness (QED) is 0.792. The van der Waals surface area contributed by atoms with Gasteiger partial charge in [-0.3, -0.25) is 0 Å². The zero-order valence-corrected chi connectivity index (χ0v) is 12.9. The van der Waals surface area contributed by atoms with Gasteiger partial charge in [0.25, 0.3) is 0 Å². The Morgan fingerprint density at radius 1 is 1.41 bits per heavy atom. The second-order valence-corrected chi connectivity index (χ2v) is 7.16. The maximum Gasteiger partial charge on any atom is 0.0992 e. The highest BCUT2D eigenvalue weighted by Gasteiger charge is 2.15. The van der Waals surface area contributed by atoms with Gasteiger partial charge in [0.2, 0.25) is 0 Å². The highest BCUT2D eigenvalue weighted by Crippen LogP contribution is 2.35. The van der Waals surface area contributed by atoms with E-state index in [0.29, 0.717) is 4.34 Å². The Morgan fingerprint density at radius 3 is 2.47 bits per heavy atom. The SMILES string of the molecule is CNC(CC#CC(C)(C)C)c1cc(Cl)sc1Cl. The minimum Gasteiger partial charge on any atom is -0.312 e. The highest BCUT2D eigenvalue weighted by molar-refractivity contribution is 7.20. The van der Waals surface area contributed by atoms with Crippen LogP contribution in [0.4, 0.5) is 0 Å². The molecule has 0 aliphatic heterocycles. The average molecular weight is 290 g/mol. The van der Waals surface area contributed by atoms with Crippen LogP contribution in [-0.4, -0.2) is 7.05 Å². The molecule has 1 aromatic rings. The van der Waals surface area contributed by atoms with Crippen LogP contribution in [0.2, 0.25) is 8.67 Å². The Bertz CT molecular complexity index is 434. The summed E-state index contributed by atoms with van der Waals surface area (Å²) in [5.41, 5.74) is 1.07. The Balaban J connectivity index is 2.79. The first kappa shape index (κ1) is 14.9. The first-order chi connectivity index (χ1) is 7.83. The number of nitrogens with one attached hydrogen (secondary N) is 1. The van der Waals surface area contributed by atoms with Gasteiger partial charge in [0, 0.05) is 23.4 Å². The summed E-state index contributed by atoms with van der Waals surface area (Å²) >= 11 is 13.5. The van der Waals surface area contributed by atoms with Crippen molar-refractivity contribution in [1.29, 1.82) is 0 Å². The van der Waals surface area contributed by atoms with Gasteiger partial charge in [-0.15, -0.1) is 17.3 Å². The molecular formula is C13H17Cl2NS. The second-order valence-electron chi connectivity index (χ2n) is 4.88. The summed E-state index contributed by atoms with van der Waals surface area (Å²) in [5, 5.41) is 3.22. The van der Waals surface area contributed by atoms with Crippen molar-refractivity contribution in [1.82, 2.24) is 5.32 Å². The van der Waals surface area contributed by atoms with E-state index in [1.807, 2.05) is 13.1 Å². The molecule has 0 aliphatic rings. The molecule has 0 aromatic carbocycles. The van der Waals surface area contributed by atoms with Crippen molar-refractivity contribution >= 4 is 34.5 Å². The molecule has 1 rings (SSSR count). The van der Waals surface area contributed by atoms with E-state index < -0.39 is 0 Å². The van der Waals surface area contributed by atoms with Crippen LogP contribution in [0.15, 0.2) is 6.07 Å². The smallest absolute Gasteiger partial charge is 0.0992 e. The normalized spacial score (nSPS) is 13.1. The van der Waals surface area contributed by atoms with E-state index >= 15 is 0 Å². The molecule has 1 aromatic heterocycles. The van der Waals surface area contributed by atoms with Crippen LogP contribution in [0.25, 0.3) is 0 Å². The van der Waals surface area contributed by atoms with E-state index in [2.05, 4.69) is 37.9 Å². The average Bonchev–Trinajstić information content (AvgIpc) is 2.51. The molecule has 1 atom stereocenters. The van der Waals surface area contributed by atoms with Crippen molar-refractivity contribution in [2.75, 3.05) is 7.05 Å². The summed E-state index contributed by atoms with van der Waals surface area (Å²) in [6, 6.07) is 2.05. The predicted octanol–water partition coefficient (Wildman–Crippen LogP) is 4.76. The van der Waals surface area contributed by atoms with E-state index in [1.165, 1.54) is 11.3 Å². The minimum absolute atomic E-state index is 0.0361. The van der Waals surface area contributed by atoms with Gasteiger partial charge in [-0.25, -0.2) is 0 Å². The fraction of sp³-hybridized carbons (Fsp3) is 0.538. The van der Waals surface area contributed by atoms with Gasteiger partial charge in [0.1, 0.15) is 0 Å². The summed E-state index contributed by atoms with van der Waals surface area (Å²) < 4.78 is 1.46. The molecule has 0 bridgehead atoms. The van der Waals surface area contributed by atoms with Gasteiger partial charge in [-0.1, -0.05) is 29.1 Å². The lowest BCUT2D eigenvalue weighted by molar-refractivity contribution is 0.566. The number of halogens is 2. The third-order valence-corrected chi connectivity index (χ3v) is 3.69. The third kappa shape index (κ3) is 4.89. The van der Waals surface area contributed by atoms with Crippen LogP contribution in [0.3, 0.4) is 0 Å².